The summed E-state index contributed by atoms with van der Waals surface area (Å²) in [4.78, 5) is 25.1. The number of rotatable bonds is 2. The zero-order chi connectivity index (χ0) is 15.1. The summed E-state index contributed by atoms with van der Waals surface area (Å²) < 4.78 is 3.40. The van der Waals surface area contributed by atoms with E-state index in [0.717, 1.165) is 9.25 Å². The van der Waals surface area contributed by atoms with E-state index in [-0.39, 0.29) is 11.4 Å². The van der Waals surface area contributed by atoms with Crippen LogP contribution in [0.25, 0.3) is 11.5 Å². The Morgan fingerprint density at radius 2 is 1.90 bits per heavy atom. The molecule has 1 atom stereocenters. The molecule has 0 saturated heterocycles. The van der Waals surface area contributed by atoms with E-state index in [1.807, 2.05) is 13.0 Å². The second-order valence-electron chi connectivity index (χ2n) is 4.73. The molecule has 1 aromatic heterocycles. The van der Waals surface area contributed by atoms with Gasteiger partial charge in [-0.2, -0.15) is 9.94 Å². The summed E-state index contributed by atoms with van der Waals surface area (Å²) in [5.74, 6) is 0.0288. The number of allylic oxidation sites excluding steroid dienone is 1. The van der Waals surface area contributed by atoms with Crippen molar-refractivity contribution in [3.05, 3.63) is 56.9 Å². The Balaban J connectivity index is 2.36. The Morgan fingerprint density at radius 1 is 1.24 bits per heavy atom. The molecule has 0 radical (unpaired) electrons. The van der Waals surface area contributed by atoms with Crippen LogP contribution in [-0.2, 0) is 0 Å². The zero-order valence-electron chi connectivity index (χ0n) is 11.4. The number of fused-ring (bicyclic) bond motifs is 1. The monoisotopic (exact) mass is 283 g/mol. The van der Waals surface area contributed by atoms with Crippen molar-refractivity contribution in [3.63, 3.8) is 0 Å². The van der Waals surface area contributed by atoms with E-state index in [4.69, 9.17) is 5.73 Å². The second kappa shape index (κ2) is 4.52. The van der Waals surface area contributed by atoms with Crippen LogP contribution in [-0.4, -0.2) is 13.9 Å². The topological polar surface area (TPSA) is 98.7 Å². The van der Waals surface area contributed by atoms with Gasteiger partial charge in [-0.3, -0.25) is 0 Å². The van der Waals surface area contributed by atoms with Gasteiger partial charge in [0.1, 0.15) is 11.9 Å². The van der Waals surface area contributed by atoms with Crippen LogP contribution in [0.5, 0.6) is 0 Å². The molecular weight excluding hydrogens is 270 g/mol. The fourth-order valence-electron chi connectivity index (χ4n) is 2.66. The third-order valence-electron chi connectivity index (χ3n) is 3.63. The van der Waals surface area contributed by atoms with Gasteiger partial charge in [0.15, 0.2) is 0 Å². The van der Waals surface area contributed by atoms with Gasteiger partial charge >= 0.3 is 11.4 Å². The largest absolute Gasteiger partial charge is 0.383 e. The number of aromatic nitrogens is 3. The average molecular weight is 283 g/mol. The van der Waals surface area contributed by atoms with E-state index in [2.05, 4.69) is 0 Å². The molecule has 0 amide bonds. The third kappa shape index (κ3) is 1.59. The van der Waals surface area contributed by atoms with Crippen LogP contribution in [0.15, 0.2) is 45.5 Å². The normalized spacial score (nSPS) is 16.9. The first-order chi connectivity index (χ1) is 10.1. The van der Waals surface area contributed by atoms with Crippen molar-refractivity contribution in [1.82, 2.24) is 13.9 Å². The van der Waals surface area contributed by atoms with Crippen molar-refractivity contribution in [3.8, 4) is 11.8 Å². The first-order valence-corrected chi connectivity index (χ1v) is 6.54. The van der Waals surface area contributed by atoms with Crippen LogP contribution >= 0.6 is 0 Å². The highest BCUT2D eigenvalue weighted by Crippen LogP contribution is 2.27. The molecule has 0 fully saturated rings. The smallest absolute Gasteiger partial charge is 0.358 e. The minimum atomic E-state index is -0.563. The predicted octanol–water partition coefficient (Wildman–Crippen LogP) is 0.416. The lowest BCUT2D eigenvalue weighted by Crippen LogP contribution is -2.29. The number of hydrogen-bond acceptors (Lipinski definition) is 4. The minimum Gasteiger partial charge on any atom is -0.383 e. The molecule has 7 nitrogen and oxygen atoms in total. The molecule has 1 aromatic carbocycles. The molecule has 1 unspecified atom stereocenters. The Labute approximate surface area is 119 Å². The van der Waals surface area contributed by atoms with Gasteiger partial charge in [0.05, 0.1) is 17.3 Å². The summed E-state index contributed by atoms with van der Waals surface area (Å²) in [5.41, 5.74) is 5.55. The molecule has 1 aliphatic heterocycles. The molecule has 106 valence electrons. The Kier molecular flexibility index (Phi) is 2.80. The van der Waals surface area contributed by atoms with Crippen LogP contribution in [0.1, 0.15) is 19.4 Å². The van der Waals surface area contributed by atoms with Gasteiger partial charge in [-0.1, -0.05) is 25.1 Å². The molecule has 0 bridgehead atoms. The van der Waals surface area contributed by atoms with Crippen LogP contribution in [0.4, 0.5) is 0 Å². The predicted molar refractivity (Wildman–Crippen MR) is 76.6 cm³/mol. The third-order valence-corrected chi connectivity index (χ3v) is 3.63. The fraction of sp³-hybridized carbons (Fsp3) is 0.214. The molecule has 7 heteroatoms. The molecule has 1 aliphatic rings. The lowest BCUT2D eigenvalue weighted by Gasteiger charge is -2.08. The summed E-state index contributed by atoms with van der Waals surface area (Å²) in [6.07, 6.45) is 0.502. The van der Waals surface area contributed by atoms with E-state index in [0.29, 0.717) is 12.1 Å². The lowest BCUT2D eigenvalue weighted by molar-refractivity contribution is 0.485. The number of nitrogens with zero attached hydrogens (tertiary/aromatic N) is 4. The first-order valence-electron chi connectivity index (χ1n) is 6.54. The van der Waals surface area contributed by atoms with Crippen molar-refractivity contribution >= 4 is 5.82 Å². The maximum atomic E-state index is 12.6. The number of nitriles is 1. The molecular formula is C14H13N5O2. The van der Waals surface area contributed by atoms with Crippen LogP contribution in [0, 0.1) is 11.3 Å². The highest BCUT2D eigenvalue weighted by Gasteiger charge is 2.34. The quantitative estimate of drug-likeness (QED) is 0.863. The highest BCUT2D eigenvalue weighted by molar-refractivity contribution is 5.57. The fourth-order valence-corrected chi connectivity index (χ4v) is 2.66. The Hall–Kier alpha value is -3.01. The molecule has 0 aliphatic carbocycles. The summed E-state index contributed by atoms with van der Waals surface area (Å²) in [6, 6.07) is 10.1. The number of para-hydroxylation sites is 1. The van der Waals surface area contributed by atoms with E-state index >= 15 is 0 Å². The van der Waals surface area contributed by atoms with Gasteiger partial charge in [0.2, 0.25) is 0 Å². The number of hydrogen-bond donors (Lipinski definition) is 1. The number of benzene rings is 1. The molecule has 2 aromatic rings. The SMILES string of the molecule is CCC1C(C#N)=C(N)n2c(=O)n(-c3ccccc3)c(=O)n21. The maximum Gasteiger partial charge on any atom is 0.358 e. The number of nitrogens with two attached hydrogens (primary N) is 1. The van der Waals surface area contributed by atoms with Gasteiger partial charge in [0, 0.05) is 0 Å². The Morgan fingerprint density at radius 3 is 2.48 bits per heavy atom. The summed E-state index contributed by atoms with van der Waals surface area (Å²) in [6.45, 7) is 1.84. The van der Waals surface area contributed by atoms with Crippen LogP contribution < -0.4 is 17.1 Å². The van der Waals surface area contributed by atoms with Crippen molar-refractivity contribution in [2.75, 3.05) is 0 Å². The molecule has 0 spiro atoms. The van der Waals surface area contributed by atoms with Crippen molar-refractivity contribution in [2.45, 2.75) is 19.4 Å². The average Bonchev–Trinajstić information content (AvgIpc) is 2.93. The van der Waals surface area contributed by atoms with Gasteiger partial charge in [-0.05, 0) is 18.6 Å². The molecule has 2 N–H and O–H groups in total. The maximum absolute atomic E-state index is 12.6. The van der Waals surface area contributed by atoms with E-state index in [1.165, 1.54) is 4.68 Å². The summed E-state index contributed by atoms with van der Waals surface area (Å²) in [5, 5.41) is 9.17. The molecule has 2 heterocycles. The van der Waals surface area contributed by atoms with Crippen molar-refractivity contribution in [1.29, 1.82) is 5.26 Å². The van der Waals surface area contributed by atoms with E-state index in [1.54, 1.807) is 30.3 Å². The molecule has 21 heavy (non-hydrogen) atoms. The Bertz CT molecular complexity index is 892. The second-order valence-corrected chi connectivity index (χ2v) is 4.73. The summed E-state index contributed by atoms with van der Waals surface area (Å²) >= 11 is 0. The van der Waals surface area contributed by atoms with E-state index in [9.17, 15) is 14.9 Å². The standard InChI is InChI=1S/C14H13N5O2/c1-2-11-10(8-15)12(16)19-14(21)17(13(20)18(11)19)9-6-4-3-5-7-9/h3-7,11H,2,16H2,1H3. The molecule has 3 rings (SSSR count). The van der Waals surface area contributed by atoms with Crippen molar-refractivity contribution in [2.24, 2.45) is 5.73 Å². The van der Waals surface area contributed by atoms with E-state index < -0.39 is 17.4 Å². The van der Waals surface area contributed by atoms with Crippen molar-refractivity contribution < 1.29 is 0 Å². The van der Waals surface area contributed by atoms with Gasteiger partial charge < -0.3 is 5.73 Å². The summed E-state index contributed by atoms with van der Waals surface area (Å²) in [7, 11) is 0. The van der Waals surface area contributed by atoms with Crippen LogP contribution in [0.2, 0.25) is 0 Å². The highest BCUT2D eigenvalue weighted by atomic mass is 16.2. The minimum absolute atomic E-state index is 0.0288. The first kappa shape index (κ1) is 13.0. The van der Waals surface area contributed by atoms with Gasteiger partial charge in [-0.25, -0.2) is 18.8 Å². The van der Waals surface area contributed by atoms with Gasteiger partial charge in [-0.15, -0.1) is 0 Å². The van der Waals surface area contributed by atoms with Crippen LogP contribution in [0.3, 0.4) is 0 Å². The lowest BCUT2D eigenvalue weighted by atomic mass is 10.1. The molecule has 0 saturated carbocycles. The zero-order valence-corrected chi connectivity index (χ0v) is 11.4. The van der Waals surface area contributed by atoms with Gasteiger partial charge in [0.25, 0.3) is 0 Å².